The van der Waals surface area contributed by atoms with Crippen molar-refractivity contribution >= 4 is 23.8 Å². The maximum atomic E-state index is 12.4. The molecule has 0 aromatic heterocycles. The number of carbonyl (C=O) groups is 2. The smallest absolute Gasteiger partial charge is 0.225 e. The minimum Gasteiger partial charge on any atom is -0.381 e. The number of aryl methyl sites for hydroxylation is 2. The molecule has 5 heteroatoms. The number of methoxy groups -OCH3 is 1. The van der Waals surface area contributed by atoms with E-state index in [2.05, 4.69) is 5.32 Å². The highest BCUT2D eigenvalue weighted by Gasteiger charge is 2.40. The normalized spacial score (nSPS) is 24.3. The molecule has 1 N–H and O–H groups in total. The summed E-state index contributed by atoms with van der Waals surface area (Å²) < 4.78 is 5.29. The fraction of sp³-hybridized carbons (Fsp3) is 0.529. The van der Waals surface area contributed by atoms with Crippen LogP contribution in [0.2, 0.25) is 5.02 Å². The van der Waals surface area contributed by atoms with Crippen LogP contribution in [0.15, 0.2) is 12.1 Å². The molecule has 2 atom stereocenters. The SMILES string of the molecule is COC1CCC(C=O)(NC(=O)Cc2c(C)cc(Cl)cc2C)C1. The number of aldehydes is 1. The van der Waals surface area contributed by atoms with Gasteiger partial charge in [0.2, 0.25) is 5.91 Å². The van der Waals surface area contributed by atoms with Crippen LogP contribution in [0.5, 0.6) is 0 Å². The molecule has 2 unspecified atom stereocenters. The van der Waals surface area contributed by atoms with Crippen LogP contribution in [-0.4, -0.2) is 30.9 Å². The molecule has 22 heavy (non-hydrogen) atoms. The van der Waals surface area contributed by atoms with Gasteiger partial charge in [-0.15, -0.1) is 0 Å². The molecule has 1 aromatic carbocycles. The molecule has 4 nitrogen and oxygen atoms in total. The summed E-state index contributed by atoms with van der Waals surface area (Å²) in [6.07, 6.45) is 3.09. The highest BCUT2D eigenvalue weighted by Crippen LogP contribution is 2.30. The van der Waals surface area contributed by atoms with Gasteiger partial charge in [0, 0.05) is 18.6 Å². The zero-order valence-corrected chi connectivity index (χ0v) is 14.0. The Hall–Kier alpha value is -1.39. The number of halogens is 1. The lowest BCUT2D eigenvalue weighted by Gasteiger charge is -2.24. The van der Waals surface area contributed by atoms with Gasteiger partial charge >= 0.3 is 0 Å². The lowest BCUT2D eigenvalue weighted by molar-refractivity contribution is -0.126. The second-order valence-corrected chi connectivity index (χ2v) is 6.55. The second-order valence-electron chi connectivity index (χ2n) is 6.12. The minimum absolute atomic E-state index is 0.0319. The van der Waals surface area contributed by atoms with Gasteiger partial charge < -0.3 is 14.8 Å². The number of carbonyl (C=O) groups excluding carboxylic acids is 2. The van der Waals surface area contributed by atoms with Crippen molar-refractivity contribution in [2.24, 2.45) is 0 Å². The molecular weight excluding hydrogens is 302 g/mol. The molecular formula is C17H22ClNO3. The van der Waals surface area contributed by atoms with Gasteiger partial charge in [0.1, 0.15) is 6.29 Å². The molecule has 1 aliphatic rings. The Kier molecular flexibility index (Phi) is 5.24. The van der Waals surface area contributed by atoms with Crippen molar-refractivity contribution in [1.29, 1.82) is 0 Å². The first kappa shape index (κ1) is 17.0. The average molecular weight is 324 g/mol. The van der Waals surface area contributed by atoms with E-state index in [1.165, 1.54) is 0 Å². The first-order valence-electron chi connectivity index (χ1n) is 7.45. The zero-order valence-electron chi connectivity index (χ0n) is 13.2. The summed E-state index contributed by atoms with van der Waals surface area (Å²) in [5.74, 6) is -0.141. The van der Waals surface area contributed by atoms with Crippen LogP contribution in [0.3, 0.4) is 0 Å². The summed E-state index contributed by atoms with van der Waals surface area (Å²) in [7, 11) is 1.63. The van der Waals surface area contributed by atoms with E-state index in [0.29, 0.717) is 17.9 Å². The Morgan fingerprint density at radius 3 is 2.59 bits per heavy atom. The second kappa shape index (κ2) is 6.80. The van der Waals surface area contributed by atoms with Crippen molar-refractivity contribution in [2.45, 2.75) is 51.2 Å². The van der Waals surface area contributed by atoms with Crippen molar-refractivity contribution in [3.8, 4) is 0 Å². The van der Waals surface area contributed by atoms with Gasteiger partial charge in [0.25, 0.3) is 0 Å². The summed E-state index contributed by atoms with van der Waals surface area (Å²) >= 11 is 6.01. The summed E-state index contributed by atoms with van der Waals surface area (Å²) in [5.41, 5.74) is 2.15. The van der Waals surface area contributed by atoms with Gasteiger partial charge in [-0.2, -0.15) is 0 Å². The van der Waals surface area contributed by atoms with Gasteiger partial charge in [-0.25, -0.2) is 0 Å². The number of amides is 1. The molecule has 1 saturated carbocycles. The van der Waals surface area contributed by atoms with Gasteiger partial charge in [-0.3, -0.25) is 4.79 Å². The number of nitrogens with one attached hydrogen (secondary N) is 1. The predicted molar refractivity (Wildman–Crippen MR) is 86.2 cm³/mol. The van der Waals surface area contributed by atoms with Crippen LogP contribution in [0.25, 0.3) is 0 Å². The molecule has 0 heterocycles. The lowest BCUT2D eigenvalue weighted by Crippen LogP contribution is -2.49. The largest absolute Gasteiger partial charge is 0.381 e. The van der Waals surface area contributed by atoms with Crippen LogP contribution < -0.4 is 5.32 Å². The maximum Gasteiger partial charge on any atom is 0.225 e. The van der Waals surface area contributed by atoms with Gasteiger partial charge in [0.15, 0.2) is 0 Å². The molecule has 0 aliphatic heterocycles. The number of hydrogen-bond acceptors (Lipinski definition) is 3. The monoisotopic (exact) mass is 323 g/mol. The third kappa shape index (κ3) is 3.68. The quantitative estimate of drug-likeness (QED) is 0.848. The van der Waals surface area contributed by atoms with E-state index in [4.69, 9.17) is 16.3 Å². The standard InChI is InChI=1S/C17H22ClNO3/c1-11-6-13(18)7-12(2)15(11)8-16(21)19-17(10-20)5-4-14(9-17)22-3/h6-7,10,14H,4-5,8-9H2,1-3H3,(H,19,21). The fourth-order valence-corrected chi connectivity index (χ4v) is 3.51. The number of ether oxygens (including phenoxy) is 1. The molecule has 0 spiro atoms. The number of benzene rings is 1. The van der Waals surface area contributed by atoms with Crippen LogP contribution in [0.1, 0.15) is 36.0 Å². The van der Waals surface area contributed by atoms with E-state index < -0.39 is 5.54 Å². The highest BCUT2D eigenvalue weighted by atomic mass is 35.5. The molecule has 1 aromatic rings. The Morgan fingerprint density at radius 2 is 2.09 bits per heavy atom. The molecule has 0 saturated heterocycles. The van der Waals surface area contributed by atoms with Crippen LogP contribution in [-0.2, 0) is 20.7 Å². The highest BCUT2D eigenvalue weighted by molar-refractivity contribution is 6.30. The van der Waals surface area contributed by atoms with Crippen LogP contribution >= 0.6 is 11.6 Å². The minimum atomic E-state index is -0.786. The lowest BCUT2D eigenvalue weighted by atomic mass is 9.96. The fourth-order valence-electron chi connectivity index (χ4n) is 3.18. The number of hydrogen-bond donors (Lipinski definition) is 1. The van der Waals surface area contributed by atoms with Gasteiger partial charge in [0.05, 0.1) is 18.1 Å². The first-order valence-corrected chi connectivity index (χ1v) is 7.82. The van der Waals surface area contributed by atoms with Crippen molar-refractivity contribution in [3.05, 3.63) is 33.8 Å². The Morgan fingerprint density at radius 1 is 1.45 bits per heavy atom. The Labute approximate surface area is 136 Å². The summed E-state index contributed by atoms with van der Waals surface area (Å²) in [4.78, 5) is 23.8. The third-order valence-electron chi connectivity index (χ3n) is 4.45. The average Bonchev–Trinajstić information content (AvgIpc) is 2.87. The summed E-state index contributed by atoms with van der Waals surface area (Å²) in [6, 6.07) is 3.70. The van der Waals surface area contributed by atoms with Crippen molar-refractivity contribution < 1.29 is 14.3 Å². The van der Waals surface area contributed by atoms with E-state index >= 15 is 0 Å². The van der Waals surface area contributed by atoms with Crippen molar-refractivity contribution in [3.63, 3.8) is 0 Å². The molecule has 1 amide bonds. The summed E-state index contributed by atoms with van der Waals surface area (Å²) in [6.45, 7) is 3.88. The van der Waals surface area contributed by atoms with E-state index in [0.717, 1.165) is 29.4 Å². The molecule has 120 valence electrons. The molecule has 2 rings (SSSR count). The first-order chi connectivity index (χ1) is 10.4. The maximum absolute atomic E-state index is 12.4. The topological polar surface area (TPSA) is 55.4 Å². The molecule has 1 fully saturated rings. The Bertz CT molecular complexity index is 564. The van der Waals surface area contributed by atoms with E-state index in [1.54, 1.807) is 7.11 Å². The van der Waals surface area contributed by atoms with Gasteiger partial charge in [-0.1, -0.05) is 11.6 Å². The van der Waals surface area contributed by atoms with Crippen LogP contribution in [0, 0.1) is 13.8 Å². The molecule has 0 radical (unpaired) electrons. The Balaban J connectivity index is 2.09. The molecule has 0 bridgehead atoms. The molecule has 1 aliphatic carbocycles. The zero-order chi connectivity index (χ0) is 16.3. The van der Waals surface area contributed by atoms with E-state index in [-0.39, 0.29) is 18.4 Å². The van der Waals surface area contributed by atoms with E-state index in [9.17, 15) is 9.59 Å². The summed E-state index contributed by atoms with van der Waals surface area (Å²) in [5, 5.41) is 3.57. The van der Waals surface area contributed by atoms with Crippen LogP contribution in [0.4, 0.5) is 0 Å². The number of rotatable bonds is 5. The third-order valence-corrected chi connectivity index (χ3v) is 4.67. The van der Waals surface area contributed by atoms with Gasteiger partial charge in [-0.05, 0) is 55.5 Å². The van der Waals surface area contributed by atoms with Crippen molar-refractivity contribution in [2.75, 3.05) is 7.11 Å². The van der Waals surface area contributed by atoms with E-state index in [1.807, 2.05) is 26.0 Å². The van der Waals surface area contributed by atoms with Crippen molar-refractivity contribution in [1.82, 2.24) is 5.32 Å². The predicted octanol–water partition coefficient (Wildman–Crippen LogP) is 2.75.